The van der Waals surface area contributed by atoms with Gasteiger partial charge >= 0.3 is 0 Å². The third kappa shape index (κ3) is 3.57. The standard InChI is InChI=1S/C17H23ClN4O3/c1-3-9-25-14-10-12(2)15(22(23)24)17-20(7-8-21(14)17)11-13-5-4-6-19-16(13)18/h4-6,12,14H,3,7-11H2,1-2H3/t12-,14-/m1/s1. The van der Waals surface area contributed by atoms with E-state index >= 15 is 0 Å². The first kappa shape index (κ1) is 17.9. The van der Waals surface area contributed by atoms with Crippen molar-refractivity contribution in [2.45, 2.75) is 39.5 Å². The number of nitro groups is 1. The lowest BCUT2D eigenvalue weighted by Crippen LogP contribution is -2.43. The zero-order valence-corrected chi connectivity index (χ0v) is 15.3. The molecule has 136 valence electrons. The van der Waals surface area contributed by atoms with Crippen molar-refractivity contribution in [1.82, 2.24) is 14.8 Å². The summed E-state index contributed by atoms with van der Waals surface area (Å²) in [5.41, 5.74) is 1.14. The Balaban J connectivity index is 1.92. The normalized spacial score (nSPS) is 23.2. The molecule has 7 nitrogen and oxygen atoms in total. The van der Waals surface area contributed by atoms with Gasteiger partial charge in [0.05, 0.1) is 10.8 Å². The molecule has 0 aromatic carbocycles. The highest BCUT2D eigenvalue weighted by atomic mass is 35.5. The van der Waals surface area contributed by atoms with E-state index in [2.05, 4.69) is 11.9 Å². The number of aromatic nitrogens is 1. The van der Waals surface area contributed by atoms with Gasteiger partial charge in [0.25, 0.3) is 5.70 Å². The van der Waals surface area contributed by atoms with Gasteiger partial charge < -0.3 is 14.5 Å². The highest BCUT2D eigenvalue weighted by Gasteiger charge is 2.45. The van der Waals surface area contributed by atoms with Crippen LogP contribution < -0.4 is 0 Å². The van der Waals surface area contributed by atoms with E-state index in [1.165, 1.54) is 0 Å². The monoisotopic (exact) mass is 366 g/mol. The molecule has 2 aliphatic heterocycles. The molecule has 0 N–H and O–H groups in total. The van der Waals surface area contributed by atoms with Crippen molar-refractivity contribution in [2.24, 2.45) is 5.92 Å². The topological polar surface area (TPSA) is 71.7 Å². The van der Waals surface area contributed by atoms with Crippen molar-refractivity contribution in [2.75, 3.05) is 19.7 Å². The molecule has 3 heterocycles. The number of fused-ring (bicyclic) bond motifs is 1. The van der Waals surface area contributed by atoms with E-state index < -0.39 is 0 Å². The quantitative estimate of drug-likeness (QED) is 0.437. The molecule has 0 aliphatic carbocycles. The Labute approximate surface area is 152 Å². The third-order valence-electron chi connectivity index (χ3n) is 4.69. The molecule has 2 aliphatic rings. The summed E-state index contributed by atoms with van der Waals surface area (Å²) in [4.78, 5) is 19.6. The maximum absolute atomic E-state index is 11.7. The van der Waals surface area contributed by atoms with Crippen LogP contribution in [0.4, 0.5) is 0 Å². The van der Waals surface area contributed by atoms with Gasteiger partial charge in [-0.15, -0.1) is 0 Å². The average Bonchev–Trinajstić information content (AvgIpc) is 2.98. The van der Waals surface area contributed by atoms with Gasteiger partial charge in [0.15, 0.2) is 5.82 Å². The Bertz CT molecular complexity index is 682. The predicted molar refractivity (Wildman–Crippen MR) is 94.2 cm³/mol. The number of hydrogen-bond donors (Lipinski definition) is 0. The van der Waals surface area contributed by atoms with Crippen LogP contribution in [0.2, 0.25) is 5.15 Å². The molecule has 2 atom stereocenters. The predicted octanol–water partition coefficient (Wildman–Crippen LogP) is 3.09. The van der Waals surface area contributed by atoms with Gasteiger partial charge in [0.1, 0.15) is 11.4 Å². The van der Waals surface area contributed by atoms with Crippen molar-refractivity contribution in [3.8, 4) is 0 Å². The van der Waals surface area contributed by atoms with Crippen LogP contribution in [0, 0.1) is 16.0 Å². The maximum atomic E-state index is 11.7. The molecular formula is C17H23ClN4O3. The number of nitrogens with zero attached hydrogens (tertiary/aromatic N) is 4. The zero-order valence-electron chi connectivity index (χ0n) is 14.5. The minimum absolute atomic E-state index is 0.108. The van der Waals surface area contributed by atoms with Crippen LogP contribution in [0.3, 0.4) is 0 Å². The van der Waals surface area contributed by atoms with Gasteiger partial charge in [-0.3, -0.25) is 10.1 Å². The van der Waals surface area contributed by atoms with Crippen molar-refractivity contribution < 1.29 is 9.66 Å². The number of ether oxygens (including phenoxy) is 1. The van der Waals surface area contributed by atoms with Crippen molar-refractivity contribution in [3.05, 3.63) is 50.7 Å². The molecule has 1 saturated heterocycles. The highest BCUT2D eigenvalue weighted by Crippen LogP contribution is 2.38. The van der Waals surface area contributed by atoms with Crippen LogP contribution in [-0.4, -0.2) is 45.6 Å². The molecular weight excluding hydrogens is 344 g/mol. The molecule has 25 heavy (non-hydrogen) atoms. The number of hydrogen-bond acceptors (Lipinski definition) is 6. The summed E-state index contributed by atoms with van der Waals surface area (Å²) in [6.45, 7) is 6.54. The fourth-order valence-corrected chi connectivity index (χ4v) is 3.72. The fraction of sp³-hybridized carbons (Fsp3) is 0.588. The van der Waals surface area contributed by atoms with Gasteiger partial charge in [-0.05, 0) is 12.5 Å². The summed E-state index contributed by atoms with van der Waals surface area (Å²) < 4.78 is 5.97. The Kier molecular flexibility index (Phi) is 5.44. The van der Waals surface area contributed by atoms with Gasteiger partial charge in [-0.1, -0.05) is 31.5 Å². The van der Waals surface area contributed by atoms with Crippen LogP contribution in [0.1, 0.15) is 32.3 Å². The minimum Gasteiger partial charge on any atom is -0.358 e. The van der Waals surface area contributed by atoms with Gasteiger partial charge in [0.2, 0.25) is 0 Å². The number of halogens is 1. The second-order valence-electron chi connectivity index (χ2n) is 6.50. The van der Waals surface area contributed by atoms with E-state index in [1.54, 1.807) is 6.20 Å². The number of pyridine rings is 1. The molecule has 0 amide bonds. The van der Waals surface area contributed by atoms with Gasteiger partial charge in [-0.25, -0.2) is 4.98 Å². The van der Waals surface area contributed by atoms with E-state index in [4.69, 9.17) is 16.3 Å². The molecule has 1 aromatic rings. The lowest BCUT2D eigenvalue weighted by molar-refractivity contribution is -0.439. The van der Waals surface area contributed by atoms with E-state index in [9.17, 15) is 10.1 Å². The van der Waals surface area contributed by atoms with Crippen LogP contribution in [0.15, 0.2) is 29.8 Å². The van der Waals surface area contributed by atoms with Crippen LogP contribution in [0.5, 0.6) is 0 Å². The summed E-state index contributed by atoms with van der Waals surface area (Å²) in [5, 5.41) is 12.1. The Morgan fingerprint density at radius 3 is 2.96 bits per heavy atom. The minimum atomic E-state index is -0.244. The van der Waals surface area contributed by atoms with Crippen LogP contribution >= 0.6 is 11.6 Å². The number of allylic oxidation sites excluding steroid dienone is 1. The zero-order chi connectivity index (χ0) is 18.0. The third-order valence-corrected chi connectivity index (χ3v) is 5.03. The largest absolute Gasteiger partial charge is 0.358 e. The molecule has 1 aromatic heterocycles. The van der Waals surface area contributed by atoms with E-state index in [-0.39, 0.29) is 22.8 Å². The first-order valence-electron chi connectivity index (χ1n) is 8.64. The summed E-state index contributed by atoms with van der Waals surface area (Å²) >= 11 is 6.18. The van der Waals surface area contributed by atoms with Gasteiger partial charge in [-0.2, -0.15) is 0 Å². The summed E-state index contributed by atoms with van der Waals surface area (Å²) in [5.74, 6) is 0.512. The molecule has 1 fully saturated rings. The SMILES string of the molecule is CCCO[C@@H]1C[C@@H](C)C([N+](=O)[O-])=C2N(Cc3cccnc3Cl)CCN21. The first-order valence-corrected chi connectivity index (χ1v) is 9.01. The van der Waals surface area contributed by atoms with Crippen LogP contribution in [-0.2, 0) is 11.3 Å². The molecule has 8 heteroatoms. The second kappa shape index (κ2) is 7.58. The average molecular weight is 367 g/mol. The lowest BCUT2D eigenvalue weighted by Gasteiger charge is -2.37. The smallest absolute Gasteiger partial charge is 0.289 e. The molecule has 0 saturated carbocycles. The van der Waals surface area contributed by atoms with E-state index in [0.29, 0.717) is 43.6 Å². The number of rotatable bonds is 6. The van der Waals surface area contributed by atoms with Crippen molar-refractivity contribution >= 4 is 11.6 Å². The van der Waals surface area contributed by atoms with Crippen molar-refractivity contribution in [3.63, 3.8) is 0 Å². The van der Waals surface area contributed by atoms with Gasteiger partial charge in [0, 0.05) is 44.4 Å². The van der Waals surface area contributed by atoms with E-state index in [1.807, 2.05) is 28.9 Å². The fourth-order valence-electron chi connectivity index (χ4n) is 3.54. The first-order chi connectivity index (χ1) is 12.0. The second-order valence-corrected chi connectivity index (χ2v) is 6.85. The molecule has 3 rings (SSSR count). The summed E-state index contributed by atoms with van der Waals surface area (Å²) in [7, 11) is 0. The molecule has 0 unspecified atom stereocenters. The highest BCUT2D eigenvalue weighted by molar-refractivity contribution is 6.30. The van der Waals surface area contributed by atoms with Crippen LogP contribution in [0.25, 0.3) is 0 Å². The Morgan fingerprint density at radius 2 is 2.28 bits per heavy atom. The summed E-state index contributed by atoms with van der Waals surface area (Å²) in [6.07, 6.45) is 3.10. The maximum Gasteiger partial charge on any atom is 0.289 e. The lowest BCUT2D eigenvalue weighted by atomic mass is 9.98. The Morgan fingerprint density at radius 1 is 1.48 bits per heavy atom. The van der Waals surface area contributed by atoms with E-state index in [0.717, 1.165) is 12.0 Å². The molecule has 0 radical (unpaired) electrons. The molecule has 0 bridgehead atoms. The summed E-state index contributed by atoms with van der Waals surface area (Å²) in [6, 6.07) is 3.73. The van der Waals surface area contributed by atoms with Crippen molar-refractivity contribution in [1.29, 1.82) is 0 Å². The Hall–Kier alpha value is -1.86. The molecule has 0 spiro atoms.